The molecule has 0 aliphatic carbocycles. The third kappa shape index (κ3) is 15.2. The van der Waals surface area contributed by atoms with E-state index in [-0.39, 0.29) is 48.0 Å². The van der Waals surface area contributed by atoms with Crippen molar-refractivity contribution in [2.45, 2.75) is 77.8 Å². The average Bonchev–Trinajstić information content (AvgIpc) is 3.32. The number of hydrogen-bond donors (Lipinski definition) is 4. The molecule has 0 spiro atoms. The molecule has 0 aromatic heterocycles. The standard InChI is InChI=1S/C53H66F6N8O5/c1-7-71-49(68)45(35(3)63-43-17-11-15-39(33-43)52(54,55)56)47(37-19-23-41(60)24-20-37)62-27-13-30-64(5)28-9-10-29-65(6)31-14-32-66-48(38-21-25-42(61)26-22-38)46(50(69)72-8-2)36(4)67(51(66)70)44-18-12-16-40(34-44)53(57,58)59/h11-12,15-26,33-34,47-48,62-63H,7-10,13-14,27-32,60-61H2,1-6H3/b45-35+/t47-,48-/m1/s1. The van der Waals surface area contributed by atoms with E-state index in [4.69, 9.17) is 20.9 Å². The fraction of sp³-hybridized carbons (Fsp3) is 0.415. The first-order valence-corrected chi connectivity index (χ1v) is 23.9. The number of amides is 2. The lowest BCUT2D eigenvalue weighted by atomic mass is 9.92. The molecule has 13 nitrogen and oxygen atoms in total. The summed E-state index contributed by atoms with van der Waals surface area (Å²) in [6, 6.07) is 20.8. The van der Waals surface area contributed by atoms with Gasteiger partial charge in [-0.05, 0) is 172 Å². The summed E-state index contributed by atoms with van der Waals surface area (Å²) in [5.41, 5.74) is 13.5. The van der Waals surface area contributed by atoms with Crippen LogP contribution in [0.2, 0.25) is 0 Å². The summed E-state index contributed by atoms with van der Waals surface area (Å²) in [6.45, 7) is 10.1. The molecule has 0 fully saturated rings. The van der Waals surface area contributed by atoms with Crippen LogP contribution in [0.25, 0.3) is 0 Å². The van der Waals surface area contributed by atoms with Gasteiger partial charge in [0.2, 0.25) is 0 Å². The molecule has 1 aliphatic heterocycles. The Morgan fingerprint density at radius 3 is 1.86 bits per heavy atom. The number of carbonyl (C=O) groups excluding carboxylic acids is 3. The number of unbranched alkanes of at least 4 members (excludes halogenated alkanes) is 1. The fourth-order valence-corrected chi connectivity index (χ4v) is 8.62. The van der Waals surface area contributed by atoms with Gasteiger partial charge in [-0.25, -0.2) is 14.4 Å². The summed E-state index contributed by atoms with van der Waals surface area (Å²) < 4.78 is 93.1. The van der Waals surface area contributed by atoms with Gasteiger partial charge in [-0.1, -0.05) is 36.4 Å². The summed E-state index contributed by atoms with van der Waals surface area (Å²) in [5.74, 6) is -1.31. The summed E-state index contributed by atoms with van der Waals surface area (Å²) in [4.78, 5) is 48.8. The molecule has 72 heavy (non-hydrogen) atoms. The molecule has 0 saturated heterocycles. The Labute approximate surface area is 417 Å². The number of halogens is 6. The zero-order chi connectivity index (χ0) is 52.8. The van der Waals surface area contributed by atoms with Crippen molar-refractivity contribution in [2.75, 3.05) is 88.3 Å². The van der Waals surface area contributed by atoms with Gasteiger partial charge >= 0.3 is 30.3 Å². The predicted octanol–water partition coefficient (Wildman–Crippen LogP) is 10.4. The minimum atomic E-state index is -4.66. The lowest BCUT2D eigenvalue weighted by Crippen LogP contribution is -2.51. The van der Waals surface area contributed by atoms with Gasteiger partial charge in [0.1, 0.15) is 0 Å². The first-order chi connectivity index (χ1) is 34.1. The maximum Gasteiger partial charge on any atom is 0.416 e. The minimum absolute atomic E-state index is 0.0333. The third-order valence-electron chi connectivity index (χ3n) is 12.2. The van der Waals surface area contributed by atoms with Crippen LogP contribution in [-0.4, -0.2) is 99.2 Å². The molecular weight excluding hydrogens is 943 g/mol. The van der Waals surface area contributed by atoms with Crippen LogP contribution >= 0.6 is 0 Å². The molecule has 5 rings (SSSR count). The third-order valence-corrected chi connectivity index (χ3v) is 12.2. The van der Waals surface area contributed by atoms with E-state index >= 15 is 0 Å². The van der Waals surface area contributed by atoms with Gasteiger partial charge in [-0.15, -0.1) is 0 Å². The smallest absolute Gasteiger partial charge is 0.416 e. The Morgan fingerprint density at radius 1 is 0.736 bits per heavy atom. The molecule has 4 aromatic rings. The van der Waals surface area contributed by atoms with Crippen molar-refractivity contribution in [3.8, 4) is 0 Å². The van der Waals surface area contributed by atoms with Gasteiger partial charge < -0.3 is 46.3 Å². The topological polar surface area (TPSA) is 159 Å². The average molecular weight is 1010 g/mol. The van der Waals surface area contributed by atoms with E-state index in [1.165, 1.54) is 36.1 Å². The molecular formula is C53H66F6N8O5. The number of nitrogen functional groups attached to an aromatic ring is 2. The van der Waals surface area contributed by atoms with Gasteiger partial charge in [-0.2, -0.15) is 26.3 Å². The highest BCUT2D eigenvalue weighted by Crippen LogP contribution is 2.42. The van der Waals surface area contributed by atoms with Gasteiger partial charge in [0.05, 0.1) is 53.3 Å². The number of urea groups is 1. The largest absolute Gasteiger partial charge is 0.463 e. The van der Waals surface area contributed by atoms with E-state index in [1.807, 2.05) is 14.1 Å². The second kappa shape index (κ2) is 25.7. The SMILES string of the molecule is CCOC(=O)C1=C(C)N(c2cccc(C(F)(F)F)c2)C(=O)N(CCCN(C)CCCCN(C)CCCN[C@@H](/C(C(=O)OCC)=C(/C)Nc2cccc(C(F)(F)F)c2)c2ccc(N)cc2)[C@@H]1c1ccc(N)cc1. The molecule has 0 saturated carbocycles. The Hall–Kier alpha value is -6.57. The highest BCUT2D eigenvalue weighted by molar-refractivity contribution is 6.03. The van der Waals surface area contributed by atoms with Crippen LogP contribution in [-0.2, 0) is 31.4 Å². The van der Waals surface area contributed by atoms with Crippen LogP contribution in [0.4, 0.5) is 53.9 Å². The number of allylic oxidation sites excluding steroid dienone is 2. The number of ether oxygens (including phenoxy) is 2. The van der Waals surface area contributed by atoms with E-state index in [1.54, 1.807) is 69.3 Å². The van der Waals surface area contributed by atoms with Crippen molar-refractivity contribution in [1.29, 1.82) is 0 Å². The Morgan fingerprint density at radius 2 is 1.28 bits per heavy atom. The first-order valence-electron chi connectivity index (χ1n) is 23.9. The molecule has 1 aliphatic rings. The number of anilines is 4. The zero-order valence-corrected chi connectivity index (χ0v) is 41.6. The van der Waals surface area contributed by atoms with Crippen LogP contribution in [0.15, 0.2) is 120 Å². The van der Waals surface area contributed by atoms with Crippen molar-refractivity contribution in [3.05, 3.63) is 142 Å². The summed E-state index contributed by atoms with van der Waals surface area (Å²) >= 11 is 0. The molecule has 0 bridgehead atoms. The van der Waals surface area contributed by atoms with Gasteiger partial charge in [0.15, 0.2) is 0 Å². The van der Waals surface area contributed by atoms with E-state index in [9.17, 15) is 40.7 Å². The monoisotopic (exact) mass is 1010 g/mol. The number of carbonyl (C=O) groups is 3. The molecule has 6 N–H and O–H groups in total. The van der Waals surface area contributed by atoms with Crippen molar-refractivity contribution < 1.29 is 50.2 Å². The molecule has 19 heteroatoms. The number of alkyl halides is 6. The zero-order valence-electron chi connectivity index (χ0n) is 41.6. The maximum atomic E-state index is 14.5. The second-order valence-electron chi connectivity index (χ2n) is 17.7. The van der Waals surface area contributed by atoms with E-state index < -0.39 is 53.5 Å². The Bertz CT molecular complexity index is 2520. The molecule has 4 aromatic carbocycles. The molecule has 0 unspecified atom stereocenters. The normalized spacial score (nSPS) is 15.2. The minimum Gasteiger partial charge on any atom is -0.463 e. The van der Waals surface area contributed by atoms with Gasteiger partial charge in [0.25, 0.3) is 0 Å². The Balaban J connectivity index is 1.19. The van der Waals surface area contributed by atoms with Crippen molar-refractivity contribution in [1.82, 2.24) is 20.0 Å². The van der Waals surface area contributed by atoms with Crippen LogP contribution < -0.4 is 27.0 Å². The lowest BCUT2D eigenvalue weighted by Gasteiger charge is -2.43. The number of benzene rings is 4. The summed E-state index contributed by atoms with van der Waals surface area (Å²) in [6.07, 6.45) is -6.29. The van der Waals surface area contributed by atoms with Crippen molar-refractivity contribution in [2.24, 2.45) is 0 Å². The van der Waals surface area contributed by atoms with Crippen LogP contribution in [0, 0.1) is 0 Å². The number of nitrogens with two attached hydrogens (primary N) is 2. The van der Waals surface area contributed by atoms with Crippen LogP contribution in [0.5, 0.6) is 0 Å². The molecule has 390 valence electrons. The van der Waals surface area contributed by atoms with E-state index in [0.717, 1.165) is 61.6 Å². The van der Waals surface area contributed by atoms with Gasteiger partial charge in [0, 0.05) is 35.0 Å². The van der Waals surface area contributed by atoms with Crippen molar-refractivity contribution in [3.63, 3.8) is 0 Å². The number of nitrogens with one attached hydrogen (secondary N) is 2. The van der Waals surface area contributed by atoms with E-state index in [2.05, 4.69) is 20.4 Å². The number of hydrogen-bond acceptors (Lipinski definition) is 11. The molecule has 2 amide bonds. The number of rotatable bonds is 24. The first kappa shape index (κ1) is 56.3. The lowest BCUT2D eigenvalue weighted by molar-refractivity contribution is -0.140. The second-order valence-corrected chi connectivity index (χ2v) is 17.7. The highest BCUT2D eigenvalue weighted by Gasteiger charge is 2.43. The molecule has 2 atom stereocenters. The van der Waals surface area contributed by atoms with Gasteiger partial charge in [-0.3, -0.25) is 4.90 Å². The highest BCUT2D eigenvalue weighted by atomic mass is 19.4. The Kier molecular flexibility index (Phi) is 20.1. The summed E-state index contributed by atoms with van der Waals surface area (Å²) in [5, 5.41) is 6.47. The van der Waals surface area contributed by atoms with Crippen LogP contribution in [0.3, 0.4) is 0 Å². The molecule has 0 radical (unpaired) electrons. The number of nitrogens with zero attached hydrogens (tertiary/aromatic N) is 4. The predicted molar refractivity (Wildman–Crippen MR) is 268 cm³/mol. The maximum absolute atomic E-state index is 14.5. The van der Waals surface area contributed by atoms with E-state index in [0.29, 0.717) is 54.1 Å². The quantitative estimate of drug-likeness (QED) is 0.0174. The summed E-state index contributed by atoms with van der Waals surface area (Å²) in [7, 11) is 3.99. The number of esters is 2. The fourth-order valence-electron chi connectivity index (χ4n) is 8.62. The molecule has 1 heterocycles. The van der Waals surface area contributed by atoms with Crippen molar-refractivity contribution >= 4 is 40.7 Å². The van der Waals surface area contributed by atoms with Crippen LogP contribution in [0.1, 0.15) is 87.7 Å².